The van der Waals surface area contributed by atoms with Crippen LogP contribution >= 0.6 is 0 Å². The summed E-state index contributed by atoms with van der Waals surface area (Å²) in [5.41, 5.74) is -0.743. The maximum Gasteiger partial charge on any atom is 0.273 e. The number of non-ortho nitro benzene ring substituents is 1. The second-order valence-electron chi connectivity index (χ2n) is 4.12. The Kier molecular flexibility index (Phi) is 3.34. The highest BCUT2D eigenvalue weighted by Crippen LogP contribution is 2.28. The molecule has 1 rings (SSSR count). The number of aromatic hydroxyl groups is 1. The van der Waals surface area contributed by atoms with Crippen molar-refractivity contribution in [3.63, 3.8) is 0 Å². The van der Waals surface area contributed by atoms with Gasteiger partial charge >= 0.3 is 0 Å². The molecule has 0 atom stereocenters. The molecule has 0 aromatic heterocycles. The monoisotopic (exact) mass is 226 g/mol. The van der Waals surface area contributed by atoms with Gasteiger partial charge in [-0.25, -0.2) is 0 Å². The molecule has 1 aromatic carbocycles. The van der Waals surface area contributed by atoms with E-state index in [0.29, 0.717) is 5.69 Å². The van der Waals surface area contributed by atoms with Gasteiger partial charge in [-0.2, -0.15) is 0 Å². The number of anilines is 1. The largest absolute Gasteiger partial charge is 0.506 e. The van der Waals surface area contributed by atoms with Gasteiger partial charge in [0.1, 0.15) is 5.75 Å². The minimum atomic E-state index is -0.922. The number of benzene rings is 1. The van der Waals surface area contributed by atoms with Gasteiger partial charge in [-0.1, -0.05) is 0 Å². The summed E-state index contributed by atoms with van der Waals surface area (Å²) in [6.45, 7) is 3.46. The van der Waals surface area contributed by atoms with Crippen molar-refractivity contribution in [1.29, 1.82) is 0 Å². The fourth-order valence-corrected chi connectivity index (χ4v) is 1.09. The molecule has 1 aromatic rings. The van der Waals surface area contributed by atoms with Gasteiger partial charge in [-0.05, 0) is 19.9 Å². The maximum absolute atomic E-state index is 10.4. The van der Waals surface area contributed by atoms with Gasteiger partial charge in [0.25, 0.3) is 5.69 Å². The van der Waals surface area contributed by atoms with Crippen LogP contribution in [0.15, 0.2) is 18.2 Å². The Morgan fingerprint density at radius 1 is 1.50 bits per heavy atom. The Bertz CT molecular complexity index is 398. The normalized spacial score (nSPS) is 11.2. The number of hydrogen-bond donors (Lipinski definition) is 3. The molecule has 0 saturated carbocycles. The minimum absolute atomic E-state index is 0.175. The number of nitro groups is 1. The molecular formula is C10H14N2O4. The van der Waals surface area contributed by atoms with E-state index in [-0.39, 0.29) is 18.0 Å². The second kappa shape index (κ2) is 4.36. The van der Waals surface area contributed by atoms with E-state index in [2.05, 4.69) is 5.32 Å². The summed E-state index contributed by atoms with van der Waals surface area (Å²) in [4.78, 5) is 9.83. The van der Waals surface area contributed by atoms with E-state index in [1.165, 1.54) is 12.1 Å². The smallest absolute Gasteiger partial charge is 0.273 e. The third-order valence-corrected chi connectivity index (χ3v) is 1.90. The van der Waals surface area contributed by atoms with E-state index in [9.17, 15) is 20.3 Å². The molecule has 0 aliphatic rings. The lowest BCUT2D eigenvalue weighted by Gasteiger charge is -2.18. The summed E-state index contributed by atoms with van der Waals surface area (Å²) in [7, 11) is 0. The molecule has 0 saturated heterocycles. The summed E-state index contributed by atoms with van der Waals surface area (Å²) < 4.78 is 0. The predicted octanol–water partition coefficient (Wildman–Crippen LogP) is 1.48. The summed E-state index contributed by atoms with van der Waals surface area (Å²) in [5, 5.41) is 32.2. The molecule has 0 aliphatic heterocycles. The van der Waals surface area contributed by atoms with Crippen LogP contribution in [0.1, 0.15) is 13.8 Å². The summed E-state index contributed by atoms with van der Waals surface area (Å²) >= 11 is 0. The average Bonchev–Trinajstić information content (AvgIpc) is 2.14. The number of nitrogens with zero attached hydrogens (tertiary/aromatic N) is 1. The van der Waals surface area contributed by atoms with E-state index in [4.69, 9.17) is 0 Å². The Labute approximate surface area is 92.7 Å². The standard InChI is InChI=1S/C10H14N2O4/c1-10(2,14)6-11-8-4-3-7(12(15)16)5-9(8)13/h3-5,11,13-14H,6H2,1-2H3. The first kappa shape index (κ1) is 12.3. The Balaban J connectivity index is 2.80. The van der Waals surface area contributed by atoms with E-state index in [0.717, 1.165) is 6.07 Å². The number of phenolic OH excluding ortho intramolecular Hbond substituents is 1. The molecule has 0 unspecified atom stereocenters. The fourth-order valence-electron chi connectivity index (χ4n) is 1.09. The zero-order valence-corrected chi connectivity index (χ0v) is 9.10. The van der Waals surface area contributed by atoms with Gasteiger partial charge in [0.05, 0.1) is 22.3 Å². The van der Waals surface area contributed by atoms with Gasteiger partial charge in [0.15, 0.2) is 0 Å². The van der Waals surface area contributed by atoms with Crippen LogP contribution in [0.25, 0.3) is 0 Å². The summed E-state index contributed by atoms with van der Waals surface area (Å²) in [6, 6.07) is 3.75. The minimum Gasteiger partial charge on any atom is -0.506 e. The van der Waals surface area contributed by atoms with Crippen LogP contribution in [-0.4, -0.2) is 27.3 Å². The highest BCUT2D eigenvalue weighted by molar-refractivity contribution is 5.60. The molecule has 0 amide bonds. The number of hydrogen-bond acceptors (Lipinski definition) is 5. The highest BCUT2D eigenvalue weighted by atomic mass is 16.6. The lowest BCUT2D eigenvalue weighted by molar-refractivity contribution is -0.384. The van der Waals surface area contributed by atoms with E-state index < -0.39 is 10.5 Å². The fraction of sp³-hybridized carbons (Fsp3) is 0.400. The molecular weight excluding hydrogens is 212 g/mol. The Morgan fingerprint density at radius 3 is 2.56 bits per heavy atom. The summed E-state index contributed by atoms with van der Waals surface area (Å²) in [6.07, 6.45) is 0. The van der Waals surface area contributed by atoms with Gasteiger partial charge in [0, 0.05) is 12.6 Å². The Morgan fingerprint density at radius 2 is 2.12 bits per heavy atom. The van der Waals surface area contributed by atoms with Gasteiger partial charge in [-0.15, -0.1) is 0 Å². The lowest BCUT2D eigenvalue weighted by Crippen LogP contribution is -2.29. The number of rotatable bonds is 4. The van der Waals surface area contributed by atoms with Gasteiger partial charge in [0.2, 0.25) is 0 Å². The molecule has 88 valence electrons. The van der Waals surface area contributed by atoms with Crippen molar-refractivity contribution >= 4 is 11.4 Å². The number of nitro benzene ring substituents is 1. The first-order valence-corrected chi connectivity index (χ1v) is 4.73. The highest BCUT2D eigenvalue weighted by Gasteiger charge is 2.14. The number of aliphatic hydroxyl groups is 1. The second-order valence-corrected chi connectivity index (χ2v) is 4.12. The molecule has 3 N–H and O–H groups in total. The van der Waals surface area contributed by atoms with Crippen molar-refractivity contribution in [2.45, 2.75) is 19.4 Å². The zero-order valence-electron chi connectivity index (χ0n) is 9.10. The van der Waals surface area contributed by atoms with Crippen LogP contribution in [0.2, 0.25) is 0 Å². The third kappa shape index (κ3) is 3.39. The van der Waals surface area contributed by atoms with Crippen molar-refractivity contribution in [3.8, 4) is 5.75 Å². The van der Waals surface area contributed by atoms with Crippen molar-refractivity contribution in [2.24, 2.45) is 0 Å². The molecule has 0 aliphatic carbocycles. The van der Waals surface area contributed by atoms with Gasteiger partial charge in [-0.3, -0.25) is 10.1 Å². The van der Waals surface area contributed by atoms with Crippen LogP contribution in [0, 0.1) is 10.1 Å². The van der Waals surface area contributed by atoms with Crippen molar-refractivity contribution in [1.82, 2.24) is 0 Å². The van der Waals surface area contributed by atoms with Crippen LogP contribution in [0.4, 0.5) is 11.4 Å². The molecule has 0 heterocycles. The average molecular weight is 226 g/mol. The van der Waals surface area contributed by atoms with Crippen LogP contribution in [0.3, 0.4) is 0 Å². The molecule has 0 radical (unpaired) electrons. The first-order valence-electron chi connectivity index (χ1n) is 4.73. The molecule has 0 spiro atoms. The van der Waals surface area contributed by atoms with Crippen LogP contribution < -0.4 is 5.32 Å². The number of phenols is 1. The van der Waals surface area contributed by atoms with E-state index in [1.54, 1.807) is 13.8 Å². The van der Waals surface area contributed by atoms with E-state index >= 15 is 0 Å². The van der Waals surface area contributed by atoms with Crippen molar-refractivity contribution < 1.29 is 15.1 Å². The topological polar surface area (TPSA) is 95.6 Å². The van der Waals surface area contributed by atoms with Crippen molar-refractivity contribution in [2.75, 3.05) is 11.9 Å². The molecule has 16 heavy (non-hydrogen) atoms. The van der Waals surface area contributed by atoms with E-state index in [1.807, 2.05) is 0 Å². The SMILES string of the molecule is CC(C)(O)CNc1ccc([N+](=O)[O-])cc1O. The third-order valence-electron chi connectivity index (χ3n) is 1.90. The maximum atomic E-state index is 10.4. The molecule has 0 fully saturated rings. The van der Waals surface area contributed by atoms with Crippen LogP contribution in [-0.2, 0) is 0 Å². The molecule has 0 bridgehead atoms. The molecule has 6 heteroatoms. The Hall–Kier alpha value is -1.82. The first-order chi connectivity index (χ1) is 7.29. The number of nitrogens with one attached hydrogen (secondary N) is 1. The lowest BCUT2D eigenvalue weighted by atomic mass is 10.1. The van der Waals surface area contributed by atoms with Crippen LogP contribution in [0.5, 0.6) is 5.75 Å². The molecule has 6 nitrogen and oxygen atoms in total. The van der Waals surface area contributed by atoms with Gasteiger partial charge < -0.3 is 15.5 Å². The quantitative estimate of drug-likeness (QED) is 0.410. The predicted molar refractivity (Wildman–Crippen MR) is 59.5 cm³/mol. The summed E-state index contributed by atoms with van der Waals surface area (Å²) in [5.74, 6) is -0.210. The zero-order chi connectivity index (χ0) is 12.3. The van der Waals surface area contributed by atoms with Crippen molar-refractivity contribution in [3.05, 3.63) is 28.3 Å².